The van der Waals surface area contributed by atoms with Crippen molar-refractivity contribution in [3.63, 3.8) is 0 Å². The van der Waals surface area contributed by atoms with E-state index < -0.39 is 5.82 Å². The molecular weight excluding hydrogens is 331 g/mol. The number of imidazole rings is 1. The van der Waals surface area contributed by atoms with Crippen molar-refractivity contribution in [1.82, 2.24) is 9.97 Å². The molecule has 0 saturated heterocycles. The van der Waals surface area contributed by atoms with Crippen molar-refractivity contribution < 1.29 is 9.50 Å². The molecule has 3 N–H and O–H groups in total. The Labute approximate surface area is 141 Å². The second kappa shape index (κ2) is 5.35. The molecule has 1 aromatic heterocycles. The van der Waals surface area contributed by atoms with E-state index in [0.717, 1.165) is 11.0 Å². The molecule has 0 aliphatic carbocycles. The van der Waals surface area contributed by atoms with Crippen LogP contribution in [0.4, 0.5) is 10.1 Å². The SMILES string of the molecule is N=C1C(c2nc3ccccc3[nH]2)=C(O)CN1c1ccc(F)c(Cl)c1. The summed E-state index contributed by atoms with van der Waals surface area (Å²) in [6.45, 7) is 0.104. The van der Waals surface area contributed by atoms with E-state index in [1.807, 2.05) is 24.3 Å². The number of aliphatic hydroxyl groups is 1. The average Bonchev–Trinajstić information content (AvgIpc) is 3.10. The molecule has 24 heavy (non-hydrogen) atoms. The number of benzene rings is 2. The lowest BCUT2D eigenvalue weighted by Crippen LogP contribution is -2.26. The van der Waals surface area contributed by atoms with Crippen LogP contribution in [0.2, 0.25) is 5.02 Å². The fourth-order valence-corrected chi connectivity index (χ4v) is 2.95. The lowest BCUT2D eigenvalue weighted by molar-refractivity contribution is 0.411. The molecule has 0 amide bonds. The predicted octanol–water partition coefficient (Wildman–Crippen LogP) is 4.12. The van der Waals surface area contributed by atoms with E-state index in [1.54, 1.807) is 4.90 Å². The van der Waals surface area contributed by atoms with Gasteiger partial charge in [0.1, 0.15) is 23.2 Å². The van der Waals surface area contributed by atoms with E-state index in [-0.39, 0.29) is 23.2 Å². The number of aromatic nitrogens is 2. The summed E-state index contributed by atoms with van der Waals surface area (Å²) in [5.74, 6) is 0.00368. The van der Waals surface area contributed by atoms with Crippen LogP contribution in [0.25, 0.3) is 16.6 Å². The number of amidine groups is 1. The number of anilines is 1. The van der Waals surface area contributed by atoms with Crippen molar-refractivity contribution in [3.8, 4) is 0 Å². The summed E-state index contributed by atoms with van der Waals surface area (Å²) < 4.78 is 13.3. The maximum absolute atomic E-state index is 13.3. The van der Waals surface area contributed by atoms with Crippen LogP contribution in [0.5, 0.6) is 0 Å². The highest BCUT2D eigenvalue weighted by Crippen LogP contribution is 2.32. The standard InChI is InChI=1S/C17H12ClFN4O/c18-10-7-9(5-6-11(10)19)23-8-14(24)15(16(23)20)17-21-12-3-1-2-4-13(12)22-17/h1-7,20,24H,8H2,(H,21,22). The molecule has 0 spiro atoms. The number of hydrogen-bond donors (Lipinski definition) is 3. The first kappa shape index (κ1) is 14.7. The molecule has 1 aliphatic heterocycles. The summed E-state index contributed by atoms with van der Waals surface area (Å²) in [4.78, 5) is 9.08. The van der Waals surface area contributed by atoms with Gasteiger partial charge in [-0.2, -0.15) is 0 Å². The minimum atomic E-state index is -0.527. The Bertz CT molecular complexity index is 978. The molecule has 0 bridgehead atoms. The fraction of sp³-hybridized carbons (Fsp3) is 0.0588. The Hall–Kier alpha value is -2.86. The van der Waals surface area contributed by atoms with Gasteiger partial charge in [0, 0.05) is 5.69 Å². The normalized spacial score (nSPS) is 14.9. The van der Waals surface area contributed by atoms with Gasteiger partial charge in [-0.1, -0.05) is 23.7 Å². The van der Waals surface area contributed by atoms with Crippen molar-refractivity contribution in [1.29, 1.82) is 5.41 Å². The first-order valence-corrected chi connectivity index (χ1v) is 7.61. The Morgan fingerprint density at radius 3 is 2.79 bits per heavy atom. The smallest absolute Gasteiger partial charge is 0.145 e. The molecule has 0 saturated carbocycles. The number of fused-ring (bicyclic) bond motifs is 1. The fourth-order valence-electron chi connectivity index (χ4n) is 2.77. The molecule has 0 radical (unpaired) electrons. The number of halogens is 2. The third kappa shape index (κ3) is 2.23. The summed E-state index contributed by atoms with van der Waals surface area (Å²) in [5, 5.41) is 18.7. The monoisotopic (exact) mass is 342 g/mol. The van der Waals surface area contributed by atoms with E-state index in [2.05, 4.69) is 9.97 Å². The minimum absolute atomic E-state index is 0.0273. The van der Waals surface area contributed by atoms with Gasteiger partial charge in [-0.3, -0.25) is 5.41 Å². The molecule has 4 rings (SSSR count). The number of nitrogens with zero attached hydrogens (tertiary/aromatic N) is 2. The second-order valence-corrected chi connectivity index (χ2v) is 5.86. The molecule has 0 atom stereocenters. The molecule has 2 heterocycles. The number of rotatable bonds is 2. The number of nitrogens with one attached hydrogen (secondary N) is 2. The van der Waals surface area contributed by atoms with Crippen LogP contribution in [-0.2, 0) is 0 Å². The molecule has 7 heteroatoms. The Morgan fingerprint density at radius 1 is 1.25 bits per heavy atom. The van der Waals surface area contributed by atoms with Crippen LogP contribution in [0, 0.1) is 11.2 Å². The van der Waals surface area contributed by atoms with Gasteiger partial charge in [-0.05, 0) is 30.3 Å². The maximum Gasteiger partial charge on any atom is 0.145 e. The van der Waals surface area contributed by atoms with Crippen molar-refractivity contribution in [2.45, 2.75) is 0 Å². The van der Waals surface area contributed by atoms with Crippen molar-refractivity contribution in [2.75, 3.05) is 11.4 Å². The summed E-state index contributed by atoms with van der Waals surface area (Å²) >= 11 is 5.82. The number of aromatic amines is 1. The molecule has 0 fully saturated rings. The molecule has 1 aliphatic rings. The van der Waals surface area contributed by atoms with E-state index in [4.69, 9.17) is 17.0 Å². The van der Waals surface area contributed by atoms with E-state index in [0.29, 0.717) is 17.1 Å². The Morgan fingerprint density at radius 2 is 2.04 bits per heavy atom. The van der Waals surface area contributed by atoms with Gasteiger partial charge < -0.3 is 15.0 Å². The molecule has 0 unspecified atom stereocenters. The molecular formula is C17H12ClFN4O. The predicted molar refractivity (Wildman–Crippen MR) is 92.1 cm³/mol. The van der Waals surface area contributed by atoms with Gasteiger partial charge in [0.15, 0.2) is 0 Å². The number of aliphatic hydroxyl groups excluding tert-OH is 1. The largest absolute Gasteiger partial charge is 0.509 e. The van der Waals surface area contributed by atoms with E-state index >= 15 is 0 Å². The number of hydrogen-bond acceptors (Lipinski definition) is 3. The highest BCUT2D eigenvalue weighted by Gasteiger charge is 2.31. The van der Waals surface area contributed by atoms with E-state index in [1.165, 1.54) is 18.2 Å². The Kier molecular flexibility index (Phi) is 3.28. The van der Waals surface area contributed by atoms with Gasteiger partial charge in [0.2, 0.25) is 0 Å². The van der Waals surface area contributed by atoms with Crippen LogP contribution < -0.4 is 4.90 Å². The van der Waals surface area contributed by atoms with Gasteiger partial charge in [-0.25, -0.2) is 9.37 Å². The first-order chi connectivity index (χ1) is 11.5. The van der Waals surface area contributed by atoms with Crippen molar-refractivity contribution in [2.24, 2.45) is 0 Å². The molecule has 5 nitrogen and oxygen atoms in total. The van der Waals surface area contributed by atoms with E-state index in [9.17, 15) is 9.50 Å². The molecule has 120 valence electrons. The summed E-state index contributed by atoms with van der Waals surface area (Å²) in [6, 6.07) is 11.7. The van der Waals surface area contributed by atoms with Gasteiger partial charge >= 0.3 is 0 Å². The minimum Gasteiger partial charge on any atom is -0.509 e. The van der Waals surface area contributed by atoms with Crippen molar-refractivity contribution >= 4 is 39.7 Å². The van der Waals surface area contributed by atoms with Crippen LogP contribution in [0.3, 0.4) is 0 Å². The zero-order valence-electron chi connectivity index (χ0n) is 12.3. The average molecular weight is 343 g/mol. The zero-order valence-corrected chi connectivity index (χ0v) is 13.1. The number of H-pyrrole nitrogens is 1. The van der Waals surface area contributed by atoms with Crippen LogP contribution in [-0.4, -0.2) is 27.5 Å². The topological polar surface area (TPSA) is 76.0 Å². The third-order valence-electron chi connectivity index (χ3n) is 3.94. The molecule has 3 aromatic rings. The van der Waals surface area contributed by atoms with Gasteiger partial charge in [0.05, 0.1) is 28.2 Å². The van der Waals surface area contributed by atoms with Crippen LogP contribution in [0.1, 0.15) is 5.82 Å². The molecule has 2 aromatic carbocycles. The van der Waals surface area contributed by atoms with Gasteiger partial charge in [-0.15, -0.1) is 0 Å². The zero-order chi connectivity index (χ0) is 16.8. The second-order valence-electron chi connectivity index (χ2n) is 5.46. The lowest BCUT2D eigenvalue weighted by Gasteiger charge is -2.18. The van der Waals surface area contributed by atoms with Crippen molar-refractivity contribution in [3.05, 3.63) is 64.9 Å². The maximum atomic E-state index is 13.3. The highest BCUT2D eigenvalue weighted by atomic mass is 35.5. The Balaban J connectivity index is 1.73. The lowest BCUT2D eigenvalue weighted by atomic mass is 10.2. The third-order valence-corrected chi connectivity index (χ3v) is 4.23. The number of para-hydroxylation sites is 2. The van der Waals surface area contributed by atoms with Crippen LogP contribution >= 0.6 is 11.6 Å². The summed E-state index contributed by atoms with van der Waals surface area (Å²) in [5.41, 5.74) is 2.43. The quantitative estimate of drug-likeness (QED) is 0.655. The summed E-state index contributed by atoms with van der Waals surface area (Å²) in [7, 11) is 0. The van der Waals surface area contributed by atoms with Gasteiger partial charge in [0.25, 0.3) is 0 Å². The highest BCUT2D eigenvalue weighted by molar-refractivity contribution is 6.32. The summed E-state index contributed by atoms with van der Waals surface area (Å²) in [6.07, 6.45) is 0. The first-order valence-electron chi connectivity index (χ1n) is 7.23. The van der Waals surface area contributed by atoms with Crippen LogP contribution in [0.15, 0.2) is 48.2 Å².